The molecule has 0 bridgehead atoms. The number of nitrogens with zero attached hydrogens (tertiary/aromatic N) is 3. The van der Waals surface area contributed by atoms with Crippen LogP contribution in [0.15, 0.2) is 6.07 Å². The lowest BCUT2D eigenvalue weighted by Crippen LogP contribution is -2.52. The van der Waals surface area contributed by atoms with Gasteiger partial charge in [-0.1, -0.05) is 0 Å². The molecule has 2 rings (SSSR count). The first-order valence-electron chi connectivity index (χ1n) is 5.63. The van der Waals surface area contributed by atoms with Crippen molar-refractivity contribution in [3.8, 4) is 0 Å². The Morgan fingerprint density at radius 2 is 2.28 bits per heavy atom. The van der Waals surface area contributed by atoms with Crippen LogP contribution < -0.4 is 0 Å². The third-order valence-electron chi connectivity index (χ3n) is 2.90. The average molecular weight is 253 g/mol. The summed E-state index contributed by atoms with van der Waals surface area (Å²) in [5, 5.41) is 13.2. The molecule has 18 heavy (non-hydrogen) atoms. The Kier molecular flexibility index (Phi) is 3.33. The van der Waals surface area contributed by atoms with E-state index in [-0.39, 0.29) is 19.1 Å². The van der Waals surface area contributed by atoms with Crippen LogP contribution in [0, 0.1) is 6.92 Å². The summed E-state index contributed by atoms with van der Waals surface area (Å²) in [5.41, 5.74) is 1.11. The van der Waals surface area contributed by atoms with Crippen LogP contribution in [0.25, 0.3) is 0 Å². The number of carboxylic acids is 1. The quantitative estimate of drug-likeness (QED) is 0.779. The zero-order valence-corrected chi connectivity index (χ0v) is 10.3. The highest BCUT2D eigenvalue weighted by molar-refractivity contribution is 5.95. The van der Waals surface area contributed by atoms with Crippen molar-refractivity contribution in [2.45, 2.75) is 13.0 Å². The van der Waals surface area contributed by atoms with E-state index < -0.39 is 12.0 Å². The zero-order valence-electron chi connectivity index (χ0n) is 10.3. The Hall–Kier alpha value is -1.89. The fraction of sp³-hybridized carbons (Fsp3) is 0.545. The summed E-state index contributed by atoms with van der Waals surface area (Å²) in [4.78, 5) is 24.7. The number of aromatic nitrogens is 2. The van der Waals surface area contributed by atoms with Gasteiger partial charge in [0, 0.05) is 13.6 Å². The Bertz CT molecular complexity index is 483. The molecular formula is C11H15N3O4. The maximum absolute atomic E-state index is 12.3. The lowest BCUT2D eigenvalue weighted by molar-refractivity contribution is -0.147. The first kappa shape index (κ1) is 12.6. The van der Waals surface area contributed by atoms with Gasteiger partial charge >= 0.3 is 5.97 Å². The van der Waals surface area contributed by atoms with E-state index in [0.717, 1.165) is 5.69 Å². The number of hydrogen-bond acceptors (Lipinski definition) is 4. The molecule has 2 heterocycles. The van der Waals surface area contributed by atoms with Gasteiger partial charge in [0.15, 0.2) is 6.04 Å². The number of carbonyl (C=O) groups excluding carboxylic acids is 1. The second-order valence-corrected chi connectivity index (χ2v) is 4.22. The maximum atomic E-state index is 12.3. The fourth-order valence-electron chi connectivity index (χ4n) is 2.01. The second kappa shape index (κ2) is 4.77. The van der Waals surface area contributed by atoms with Crippen molar-refractivity contribution in [2.75, 3.05) is 19.8 Å². The lowest BCUT2D eigenvalue weighted by atomic mass is 10.2. The van der Waals surface area contributed by atoms with Gasteiger partial charge in [0.2, 0.25) is 0 Å². The molecule has 1 unspecified atom stereocenters. The molecule has 1 amide bonds. The van der Waals surface area contributed by atoms with E-state index in [0.29, 0.717) is 12.3 Å². The number of carbonyl (C=O) groups is 2. The third kappa shape index (κ3) is 2.21. The highest BCUT2D eigenvalue weighted by Gasteiger charge is 2.34. The van der Waals surface area contributed by atoms with Crippen molar-refractivity contribution in [2.24, 2.45) is 7.05 Å². The van der Waals surface area contributed by atoms with E-state index in [2.05, 4.69) is 5.10 Å². The molecule has 1 aliphatic rings. The number of hydrogen-bond donors (Lipinski definition) is 1. The smallest absolute Gasteiger partial charge is 0.328 e. The van der Waals surface area contributed by atoms with Crippen LogP contribution in [0.1, 0.15) is 16.2 Å². The fourth-order valence-corrected chi connectivity index (χ4v) is 2.01. The van der Waals surface area contributed by atoms with Gasteiger partial charge < -0.3 is 14.7 Å². The molecule has 1 atom stereocenters. The number of morpholine rings is 1. The highest BCUT2D eigenvalue weighted by atomic mass is 16.5. The normalized spacial score (nSPS) is 19.9. The molecular weight excluding hydrogens is 238 g/mol. The number of rotatable bonds is 2. The minimum absolute atomic E-state index is 0.0257. The SMILES string of the molecule is Cc1cc(C(=O)N2CCOCC2C(=O)O)n(C)n1. The van der Waals surface area contributed by atoms with Gasteiger partial charge in [-0.2, -0.15) is 5.10 Å². The summed E-state index contributed by atoms with van der Waals surface area (Å²) in [5.74, 6) is -1.38. The number of aryl methyl sites for hydroxylation is 2. The van der Waals surface area contributed by atoms with E-state index in [1.165, 1.54) is 9.58 Å². The molecule has 1 fully saturated rings. The molecule has 98 valence electrons. The molecule has 0 radical (unpaired) electrons. The third-order valence-corrected chi connectivity index (χ3v) is 2.90. The molecule has 1 aliphatic heterocycles. The Morgan fingerprint density at radius 1 is 1.56 bits per heavy atom. The maximum Gasteiger partial charge on any atom is 0.328 e. The summed E-state index contributed by atoms with van der Waals surface area (Å²) >= 11 is 0. The van der Waals surface area contributed by atoms with E-state index in [9.17, 15) is 9.59 Å². The van der Waals surface area contributed by atoms with Crippen LogP contribution >= 0.6 is 0 Å². The van der Waals surface area contributed by atoms with Crippen molar-refractivity contribution in [1.29, 1.82) is 0 Å². The summed E-state index contributed by atoms with van der Waals surface area (Å²) in [7, 11) is 1.66. The number of ether oxygens (including phenoxy) is 1. The van der Waals surface area contributed by atoms with Crippen molar-refractivity contribution < 1.29 is 19.4 Å². The topological polar surface area (TPSA) is 84.7 Å². The minimum atomic E-state index is -1.05. The number of carboxylic acid groups (broad SMARTS) is 1. The van der Waals surface area contributed by atoms with Crippen molar-refractivity contribution >= 4 is 11.9 Å². The van der Waals surface area contributed by atoms with Crippen LogP contribution in [-0.4, -0.2) is 57.5 Å². The van der Waals surface area contributed by atoms with Crippen LogP contribution in [-0.2, 0) is 16.6 Å². The molecule has 1 N–H and O–H groups in total. The largest absolute Gasteiger partial charge is 0.480 e. The molecule has 7 heteroatoms. The second-order valence-electron chi connectivity index (χ2n) is 4.22. The van der Waals surface area contributed by atoms with Crippen molar-refractivity contribution in [3.63, 3.8) is 0 Å². The molecule has 0 aliphatic carbocycles. The van der Waals surface area contributed by atoms with Gasteiger partial charge in [0.1, 0.15) is 5.69 Å². The Labute approximate surface area is 104 Å². The van der Waals surface area contributed by atoms with E-state index >= 15 is 0 Å². The van der Waals surface area contributed by atoms with Crippen molar-refractivity contribution in [3.05, 3.63) is 17.5 Å². The van der Waals surface area contributed by atoms with Crippen LogP contribution in [0.5, 0.6) is 0 Å². The predicted molar refractivity (Wildman–Crippen MR) is 61.2 cm³/mol. The predicted octanol–water partition coefficient (Wildman–Crippen LogP) is -0.346. The van der Waals surface area contributed by atoms with E-state index in [1.54, 1.807) is 20.0 Å². The molecule has 7 nitrogen and oxygen atoms in total. The molecule has 1 saturated heterocycles. The molecule has 1 aromatic heterocycles. The molecule has 1 aromatic rings. The lowest BCUT2D eigenvalue weighted by Gasteiger charge is -2.32. The van der Waals surface area contributed by atoms with Gasteiger partial charge in [-0.3, -0.25) is 9.48 Å². The minimum Gasteiger partial charge on any atom is -0.480 e. The highest BCUT2D eigenvalue weighted by Crippen LogP contribution is 2.13. The monoisotopic (exact) mass is 253 g/mol. The summed E-state index contributed by atoms with van der Waals surface area (Å²) in [6.45, 7) is 2.44. The number of amides is 1. The van der Waals surface area contributed by atoms with Crippen LogP contribution in [0.2, 0.25) is 0 Å². The summed E-state index contributed by atoms with van der Waals surface area (Å²) in [6.07, 6.45) is 0. The van der Waals surface area contributed by atoms with Gasteiger partial charge in [0.25, 0.3) is 5.91 Å². The van der Waals surface area contributed by atoms with Crippen LogP contribution in [0.3, 0.4) is 0 Å². The van der Waals surface area contributed by atoms with Gasteiger partial charge in [0.05, 0.1) is 18.9 Å². The number of aliphatic carboxylic acids is 1. The van der Waals surface area contributed by atoms with E-state index in [1.807, 2.05) is 0 Å². The summed E-state index contributed by atoms with van der Waals surface area (Å²) in [6, 6.07) is 0.720. The standard InChI is InChI=1S/C11H15N3O4/c1-7-5-8(13(2)12-7)10(15)14-3-4-18-6-9(14)11(16)17/h5,9H,3-4,6H2,1-2H3,(H,16,17). The molecule has 0 aromatic carbocycles. The first-order chi connectivity index (χ1) is 8.50. The van der Waals surface area contributed by atoms with E-state index in [4.69, 9.17) is 9.84 Å². The molecule has 0 saturated carbocycles. The van der Waals surface area contributed by atoms with Crippen molar-refractivity contribution in [1.82, 2.24) is 14.7 Å². The summed E-state index contributed by atoms with van der Waals surface area (Å²) < 4.78 is 6.56. The molecule has 0 spiro atoms. The Morgan fingerprint density at radius 3 is 2.83 bits per heavy atom. The first-order valence-corrected chi connectivity index (χ1v) is 5.63. The Balaban J connectivity index is 2.26. The van der Waals surface area contributed by atoms with Crippen LogP contribution in [0.4, 0.5) is 0 Å². The zero-order chi connectivity index (χ0) is 13.3. The van der Waals surface area contributed by atoms with Gasteiger partial charge in [-0.05, 0) is 13.0 Å². The van der Waals surface area contributed by atoms with Gasteiger partial charge in [-0.25, -0.2) is 4.79 Å². The van der Waals surface area contributed by atoms with Gasteiger partial charge in [-0.15, -0.1) is 0 Å². The average Bonchev–Trinajstić information content (AvgIpc) is 2.67.